The number of thiazole rings is 1. The fraction of sp³-hybridized carbons (Fsp3) is 0.339. The number of aryl methyl sites for hydroxylation is 2. The zero-order valence-corrected chi connectivity index (χ0v) is 48.3. The van der Waals surface area contributed by atoms with Crippen molar-refractivity contribution < 1.29 is 38.3 Å². The van der Waals surface area contributed by atoms with E-state index in [2.05, 4.69) is 57.2 Å². The number of para-hydroxylation sites is 1. The summed E-state index contributed by atoms with van der Waals surface area (Å²) in [5.41, 5.74) is 7.26. The first-order chi connectivity index (χ1) is 40.3. The number of nitrogens with zero attached hydrogens (tertiary/aromatic N) is 9. The van der Waals surface area contributed by atoms with Crippen LogP contribution in [0.5, 0.6) is 0 Å². The maximum absolute atomic E-state index is 14.8. The normalized spacial score (nSPS) is 15.5. The number of carbonyl (C=O) groups excluding carboxylic acids is 6. The van der Waals surface area contributed by atoms with Crippen LogP contribution < -0.4 is 31.9 Å². The summed E-state index contributed by atoms with van der Waals surface area (Å²) >= 11 is 7.72. The second-order valence-electron chi connectivity index (χ2n) is 21.5. The van der Waals surface area contributed by atoms with Gasteiger partial charge in [0, 0.05) is 88.2 Å². The van der Waals surface area contributed by atoms with Crippen LogP contribution in [0.15, 0.2) is 115 Å². The molecule has 2 fully saturated rings. The number of benzene rings is 4. The molecule has 2 aliphatic rings. The molecule has 3 atom stereocenters. The zero-order valence-electron chi connectivity index (χ0n) is 46.8. The van der Waals surface area contributed by atoms with Gasteiger partial charge in [0.25, 0.3) is 5.91 Å². The van der Waals surface area contributed by atoms with Gasteiger partial charge in [0.15, 0.2) is 11.6 Å². The van der Waals surface area contributed by atoms with Crippen LogP contribution in [-0.4, -0.2) is 143 Å². The largest absolute Gasteiger partial charge is 0.391 e. The molecule has 5 heterocycles. The van der Waals surface area contributed by atoms with Crippen LogP contribution in [-0.2, 0) is 45.1 Å². The monoisotopic (exact) mass is 1180 g/mol. The molecule has 9 rings (SSSR count). The highest BCUT2D eigenvalue weighted by Crippen LogP contribution is 2.30. The molecular formula is C59H65ClFN15O7S. The highest BCUT2D eigenvalue weighted by atomic mass is 35.5. The van der Waals surface area contributed by atoms with E-state index >= 15 is 0 Å². The van der Waals surface area contributed by atoms with Crippen molar-refractivity contribution in [3.63, 3.8) is 0 Å². The van der Waals surface area contributed by atoms with Gasteiger partial charge in [-0.25, -0.2) is 19.2 Å². The number of likely N-dealkylation sites (tertiary alicyclic amines) is 1. The van der Waals surface area contributed by atoms with Gasteiger partial charge in [-0.05, 0) is 77.6 Å². The Hall–Kier alpha value is -8.87. The third-order valence-corrected chi connectivity index (χ3v) is 15.6. The summed E-state index contributed by atoms with van der Waals surface area (Å²) in [6.07, 6.45) is 2.41. The molecule has 0 spiro atoms. The van der Waals surface area contributed by atoms with E-state index in [1.54, 1.807) is 106 Å². The van der Waals surface area contributed by atoms with Crippen LogP contribution in [0.25, 0.3) is 10.4 Å². The molecule has 0 radical (unpaired) electrons. The zero-order chi connectivity index (χ0) is 59.5. The summed E-state index contributed by atoms with van der Waals surface area (Å²) in [6, 6.07) is 26.1. The summed E-state index contributed by atoms with van der Waals surface area (Å²) in [4.78, 5) is 98.7. The molecule has 3 aromatic heterocycles. The summed E-state index contributed by atoms with van der Waals surface area (Å²) in [5.74, 6) is -2.33. The minimum atomic E-state index is -0.987. The van der Waals surface area contributed by atoms with E-state index in [4.69, 9.17) is 11.6 Å². The molecule has 2 saturated heterocycles. The number of rotatable bonds is 20. The van der Waals surface area contributed by atoms with Crippen LogP contribution in [0.3, 0.4) is 0 Å². The molecular weight excluding hydrogens is 1120 g/mol. The lowest BCUT2D eigenvalue weighted by molar-refractivity contribution is -0.144. The number of carbonyl (C=O) groups is 6. The molecule has 0 saturated carbocycles. The number of halogens is 2. The third-order valence-electron chi connectivity index (χ3n) is 14.3. The molecule has 0 bridgehead atoms. The number of hydrogen-bond acceptors (Lipinski definition) is 15. The second kappa shape index (κ2) is 27.0. The standard InChI is InChI=1S/C59H65ClFN15O7S/c1-36-51(84-35-65-36)39-13-9-38(10-14-39)31-63-55(81)48-30-44(77)34-76(48)56(82)52(59(2,3)4)69-49(78)22-24-75-33-43(71-72-75)21-23-62-58(83)74-27-25-73(26-28-74)50(79)29-37-11-17-42(18-12-37)67-57-64-32-46(61)53(70-57)66-41-19-15-40(16-20-41)54(80)68-47-8-6-5-7-45(47)60/h5-20,32-33,35,44,48,52,77H,21-31,34H2,1-4H3,(H,62,83)(H,63,81)(H,68,80)(H,69,78)(H2,64,66,67,70)/t44-,48+,52-/m1/s1. The van der Waals surface area contributed by atoms with Gasteiger partial charge in [-0.3, -0.25) is 28.7 Å². The minimum absolute atomic E-state index is 0.0162. The molecule has 438 valence electrons. The molecule has 7 amide bonds. The molecule has 22 nitrogen and oxygen atoms in total. The van der Waals surface area contributed by atoms with E-state index in [1.165, 1.54) is 9.58 Å². The predicted octanol–water partition coefficient (Wildman–Crippen LogP) is 6.87. The van der Waals surface area contributed by atoms with E-state index in [9.17, 15) is 38.3 Å². The van der Waals surface area contributed by atoms with Gasteiger partial charge in [-0.2, -0.15) is 4.98 Å². The van der Waals surface area contributed by atoms with Crippen LogP contribution in [0.1, 0.15) is 66.5 Å². The molecule has 0 aliphatic carbocycles. The van der Waals surface area contributed by atoms with Crippen molar-refractivity contribution in [2.75, 3.05) is 55.2 Å². The number of nitrogens with one attached hydrogen (secondary N) is 6. The highest BCUT2D eigenvalue weighted by Gasteiger charge is 2.44. The van der Waals surface area contributed by atoms with Crippen LogP contribution in [0.4, 0.5) is 38.0 Å². The van der Waals surface area contributed by atoms with E-state index in [-0.39, 0.29) is 75.1 Å². The Kier molecular flexibility index (Phi) is 19.2. The van der Waals surface area contributed by atoms with E-state index < -0.39 is 47.1 Å². The van der Waals surface area contributed by atoms with Crippen molar-refractivity contribution in [3.8, 4) is 10.4 Å². The van der Waals surface area contributed by atoms with Crippen molar-refractivity contribution in [1.82, 2.24) is 60.6 Å². The summed E-state index contributed by atoms with van der Waals surface area (Å²) in [6.45, 7) is 9.50. The number of β-amino-alcohol motifs (C(OH)–C–C–N with tert-alkyl or cyclic N) is 1. The topological polar surface area (TPSA) is 274 Å². The van der Waals surface area contributed by atoms with Gasteiger partial charge >= 0.3 is 6.03 Å². The van der Waals surface area contributed by atoms with Crippen molar-refractivity contribution in [2.24, 2.45) is 5.41 Å². The maximum atomic E-state index is 14.8. The molecule has 0 unspecified atom stereocenters. The van der Waals surface area contributed by atoms with Gasteiger partial charge in [0.1, 0.15) is 12.1 Å². The Balaban J connectivity index is 0.663. The Morgan fingerprint density at radius 1 is 0.845 bits per heavy atom. The van der Waals surface area contributed by atoms with Crippen molar-refractivity contribution in [2.45, 2.75) is 84.7 Å². The van der Waals surface area contributed by atoms with Crippen LogP contribution >= 0.6 is 22.9 Å². The first-order valence-corrected chi connectivity index (χ1v) is 28.7. The lowest BCUT2D eigenvalue weighted by Gasteiger charge is -2.35. The predicted molar refractivity (Wildman–Crippen MR) is 316 cm³/mol. The summed E-state index contributed by atoms with van der Waals surface area (Å²) < 4.78 is 16.3. The smallest absolute Gasteiger partial charge is 0.317 e. The number of aliphatic hydroxyl groups excluding tert-OH is 1. The Bertz CT molecular complexity index is 3480. The number of aromatic nitrogens is 6. The first kappa shape index (κ1) is 59.7. The lowest BCUT2D eigenvalue weighted by atomic mass is 9.85. The van der Waals surface area contributed by atoms with Crippen LogP contribution in [0.2, 0.25) is 5.02 Å². The molecule has 84 heavy (non-hydrogen) atoms. The summed E-state index contributed by atoms with van der Waals surface area (Å²) in [7, 11) is 0. The molecule has 2 aliphatic heterocycles. The number of piperazine rings is 1. The maximum Gasteiger partial charge on any atom is 0.317 e. The molecule has 4 aromatic carbocycles. The van der Waals surface area contributed by atoms with E-state index in [0.717, 1.165) is 33.5 Å². The van der Waals surface area contributed by atoms with Crippen molar-refractivity contribution in [3.05, 3.63) is 154 Å². The van der Waals surface area contributed by atoms with Crippen molar-refractivity contribution in [1.29, 1.82) is 0 Å². The number of urea groups is 1. The van der Waals surface area contributed by atoms with Gasteiger partial charge in [-0.15, -0.1) is 16.4 Å². The average molecular weight is 1180 g/mol. The third kappa shape index (κ3) is 15.6. The Labute approximate surface area is 493 Å². The number of anilines is 5. The van der Waals surface area contributed by atoms with E-state index in [0.29, 0.717) is 65.9 Å². The second-order valence-corrected chi connectivity index (χ2v) is 22.8. The molecule has 7 N–H and O–H groups in total. The van der Waals surface area contributed by atoms with Gasteiger partial charge in [0.2, 0.25) is 29.6 Å². The number of amides is 7. The SMILES string of the molecule is Cc1ncsc1-c1ccc(CNC(=O)[C@@H]2C[C@@H](O)CN2C(=O)[C@@H](NC(=O)CCn2cc(CCNC(=O)N3CCN(C(=O)Cc4ccc(Nc5ncc(F)c(Nc6ccc(C(=O)Nc7ccccc7Cl)cc6)n5)cc4)CC3)nn2)C(C)(C)C)cc1. The minimum Gasteiger partial charge on any atom is -0.391 e. The Morgan fingerprint density at radius 3 is 2.24 bits per heavy atom. The number of aliphatic hydroxyl groups is 1. The van der Waals surface area contributed by atoms with Gasteiger partial charge in [-0.1, -0.05) is 86.1 Å². The fourth-order valence-electron chi connectivity index (χ4n) is 9.60. The molecule has 7 aromatic rings. The lowest BCUT2D eigenvalue weighted by Crippen LogP contribution is -2.57. The van der Waals surface area contributed by atoms with Gasteiger partial charge in [0.05, 0.1) is 57.8 Å². The average Bonchev–Trinajstić information content (AvgIpc) is 4.44. The first-order valence-electron chi connectivity index (χ1n) is 27.4. The Morgan fingerprint density at radius 2 is 1.54 bits per heavy atom. The summed E-state index contributed by atoms with van der Waals surface area (Å²) in [5, 5.41) is 36.9. The van der Waals surface area contributed by atoms with Gasteiger partial charge < -0.3 is 51.7 Å². The number of hydrogen-bond donors (Lipinski definition) is 7. The van der Waals surface area contributed by atoms with Crippen molar-refractivity contribution >= 4 is 87.3 Å². The molecule has 25 heteroatoms. The fourth-order valence-corrected chi connectivity index (χ4v) is 10.6. The highest BCUT2D eigenvalue weighted by molar-refractivity contribution is 7.13. The van der Waals surface area contributed by atoms with E-state index in [1.807, 2.05) is 52.0 Å². The quantitative estimate of drug-likeness (QED) is 0.0411. The van der Waals surface area contributed by atoms with Crippen LogP contribution in [0, 0.1) is 18.2 Å².